The highest BCUT2D eigenvalue weighted by molar-refractivity contribution is 5.88. The third-order valence-corrected chi connectivity index (χ3v) is 0.726. The van der Waals surface area contributed by atoms with Crippen molar-refractivity contribution in [1.82, 2.24) is 0 Å². The van der Waals surface area contributed by atoms with Gasteiger partial charge in [0, 0.05) is 0 Å². The van der Waals surface area contributed by atoms with Crippen molar-refractivity contribution in [3.8, 4) is 0 Å². The molecule has 0 aromatic carbocycles. The van der Waals surface area contributed by atoms with E-state index in [4.69, 9.17) is 11.5 Å². The van der Waals surface area contributed by atoms with Gasteiger partial charge in [-0.3, -0.25) is 0 Å². The predicted molar refractivity (Wildman–Crippen MR) is 35.0 cm³/mol. The molecule has 0 aliphatic rings. The van der Waals surface area contributed by atoms with Gasteiger partial charge < -0.3 is 11.5 Å². The summed E-state index contributed by atoms with van der Waals surface area (Å²) in [5, 5.41) is 5.56. The summed E-state index contributed by atoms with van der Waals surface area (Å²) in [5.41, 5.74) is 8.38. The molecule has 0 atom stereocenters. The molecule has 0 bridgehead atoms. The monoisotopic (exact) mass is 168 g/mol. The van der Waals surface area contributed by atoms with Crippen molar-refractivity contribution in [2.24, 2.45) is 21.7 Å². The molecule has 0 aliphatic heterocycles. The van der Waals surface area contributed by atoms with Gasteiger partial charge in [0.25, 0.3) is 0 Å². The molecule has 7 heteroatoms. The van der Waals surface area contributed by atoms with Crippen molar-refractivity contribution in [3.63, 3.8) is 0 Å². The van der Waals surface area contributed by atoms with Crippen molar-refractivity contribution in [2.75, 3.05) is 0 Å². The molecule has 0 amide bonds. The normalized spacial score (nSPS) is 12.9. The molecule has 0 heterocycles. The van der Waals surface area contributed by atoms with E-state index >= 15 is 0 Å². The second-order valence-corrected chi connectivity index (χ2v) is 1.71. The Morgan fingerprint density at radius 3 is 1.91 bits per heavy atom. The molecule has 0 spiro atoms. The Kier molecular flexibility index (Phi) is 2.85. The van der Waals surface area contributed by atoms with Crippen LogP contribution in [0.15, 0.2) is 10.2 Å². The summed E-state index contributed by atoms with van der Waals surface area (Å²) >= 11 is 0. The fourth-order valence-corrected chi connectivity index (χ4v) is 0.189. The minimum Gasteiger partial charge on any atom is -0.369 e. The van der Waals surface area contributed by atoms with Crippen LogP contribution in [0.4, 0.5) is 13.2 Å². The van der Waals surface area contributed by atoms with E-state index in [2.05, 4.69) is 10.2 Å². The van der Waals surface area contributed by atoms with E-state index in [0.29, 0.717) is 0 Å². The van der Waals surface area contributed by atoms with Crippen molar-refractivity contribution in [1.29, 1.82) is 0 Å². The first kappa shape index (κ1) is 9.73. The largest absolute Gasteiger partial charge is 0.431 e. The lowest BCUT2D eigenvalue weighted by Crippen LogP contribution is -2.23. The molecule has 0 rings (SSSR count). The van der Waals surface area contributed by atoms with Crippen LogP contribution >= 0.6 is 0 Å². The van der Waals surface area contributed by atoms with Crippen LogP contribution in [0.2, 0.25) is 0 Å². The molecule has 0 unspecified atom stereocenters. The second kappa shape index (κ2) is 3.22. The summed E-state index contributed by atoms with van der Waals surface area (Å²) < 4.78 is 34.9. The summed E-state index contributed by atoms with van der Waals surface area (Å²) in [6.07, 6.45) is -4.47. The lowest BCUT2D eigenvalue weighted by Gasteiger charge is -2.01. The molecule has 64 valence electrons. The first-order valence-electron chi connectivity index (χ1n) is 2.54. The van der Waals surface area contributed by atoms with Gasteiger partial charge in [-0.1, -0.05) is 0 Å². The van der Waals surface area contributed by atoms with E-state index < -0.39 is 17.8 Å². The van der Waals surface area contributed by atoms with Gasteiger partial charge in [0.2, 0.25) is 5.96 Å². The smallest absolute Gasteiger partial charge is 0.369 e. The van der Waals surface area contributed by atoms with Gasteiger partial charge in [-0.2, -0.15) is 13.2 Å². The third kappa shape index (κ3) is 4.18. The fraction of sp³-hybridized carbons (Fsp3) is 0.500. The highest BCUT2D eigenvalue weighted by atomic mass is 19.4. The second-order valence-electron chi connectivity index (χ2n) is 1.71. The van der Waals surface area contributed by atoms with Crippen LogP contribution in [0.3, 0.4) is 0 Å². The summed E-state index contributed by atoms with van der Waals surface area (Å²) in [6.45, 7) is 0.770. The molecule has 0 aromatic heterocycles. The quantitative estimate of drug-likeness (QED) is 0.333. The molecule has 4 nitrogen and oxygen atoms in total. The highest BCUT2D eigenvalue weighted by Gasteiger charge is 2.32. The molecule has 11 heavy (non-hydrogen) atoms. The van der Waals surface area contributed by atoms with Gasteiger partial charge in [0.05, 0.1) is 0 Å². The van der Waals surface area contributed by atoms with Gasteiger partial charge >= 0.3 is 6.18 Å². The number of rotatable bonds is 1. The molecule has 0 radical (unpaired) electrons. The predicted octanol–water partition coefficient (Wildman–Crippen LogP) is 0.198. The number of nitrogens with two attached hydrogens (primary N) is 2. The Labute approximate surface area is 60.8 Å². The van der Waals surface area contributed by atoms with Crippen LogP contribution in [0.25, 0.3) is 0 Å². The maximum Gasteiger partial charge on any atom is 0.431 e. The third-order valence-electron chi connectivity index (χ3n) is 0.726. The van der Waals surface area contributed by atoms with Gasteiger partial charge in [0.1, 0.15) is 5.71 Å². The summed E-state index contributed by atoms with van der Waals surface area (Å²) in [7, 11) is 0. The van der Waals surface area contributed by atoms with Crippen molar-refractivity contribution in [3.05, 3.63) is 0 Å². The Morgan fingerprint density at radius 1 is 1.18 bits per heavy atom. The Hall–Kier alpha value is -1.27. The average molecular weight is 168 g/mol. The first-order chi connectivity index (χ1) is 4.84. The Morgan fingerprint density at radius 2 is 1.64 bits per heavy atom. The Bertz CT molecular complexity index is 188. The van der Waals surface area contributed by atoms with Crippen molar-refractivity contribution in [2.45, 2.75) is 13.1 Å². The SMILES string of the molecule is CC(=NN=C(N)N)C(F)(F)F. The van der Waals surface area contributed by atoms with Gasteiger partial charge in [-0.25, -0.2) is 0 Å². The zero-order valence-corrected chi connectivity index (χ0v) is 5.68. The molecular weight excluding hydrogens is 161 g/mol. The highest BCUT2D eigenvalue weighted by Crippen LogP contribution is 2.16. The van der Waals surface area contributed by atoms with Crippen LogP contribution in [-0.4, -0.2) is 17.8 Å². The Balaban J connectivity index is 4.36. The van der Waals surface area contributed by atoms with Crippen LogP contribution in [0, 0.1) is 0 Å². The van der Waals surface area contributed by atoms with Gasteiger partial charge in [-0.15, -0.1) is 10.2 Å². The van der Waals surface area contributed by atoms with E-state index in [1.807, 2.05) is 0 Å². The van der Waals surface area contributed by atoms with E-state index in [-0.39, 0.29) is 0 Å². The van der Waals surface area contributed by atoms with Crippen LogP contribution < -0.4 is 11.5 Å². The van der Waals surface area contributed by atoms with E-state index in [1.165, 1.54) is 0 Å². The number of hydrogen-bond donors (Lipinski definition) is 2. The van der Waals surface area contributed by atoms with Crippen LogP contribution in [0.5, 0.6) is 0 Å². The molecule has 0 aliphatic carbocycles. The lowest BCUT2D eigenvalue weighted by atomic mass is 10.4. The summed E-state index contributed by atoms with van der Waals surface area (Å²) in [6, 6.07) is 0. The van der Waals surface area contributed by atoms with Crippen LogP contribution in [0.1, 0.15) is 6.92 Å². The standard InChI is InChI=1S/C4H7F3N4/c1-2(4(5,6)7)10-11-3(8)9/h1H3,(H4,8,9,11). The molecule has 0 saturated heterocycles. The number of alkyl halides is 3. The molecular formula is C4H7F3N4. The maximum atomic E-state index is 11.6. The van der Waals surface area contributed by atoms with E-state index in [0.717, 1.165) is 6.92 Å². The molecule has 0 saturated carbocycles. The van der Waals surface area contributed by atoms with Crippen LogP contribution in [-0.2, 0) is 0 Å². The van der Waals surface area contributed by atoms with E-state index in [1.54, 1.807) is 0 Å². The zero-order valence-electron chi connectivity index (χ0n) is 5.68. The number of halogens is 3. The number of nitrogens with zero attached hydrogens (tertiary/aromatic N) is 2. The topological polar surface area (TPSA) is 76.8 Å². The summed E-state index contributed by atoms with van der Waals surface area (Å²) in [5.74, 6) is -0.506. The minimum atomic E-state index is -4.47. The molecule has 0 fully saturated rings. The van der Waals surface area contributed by atoms with E-state index in [9.17, 15) is 13.2 Å². The van der Waals surface area contributed by atoms with Crippen molar-refractivity contribution >= 4 is 11.7 Å². The maximum absolute atomic E-state index is 11.6. The zero-order chi connectivity index (χ0) is 9.07. The summed E-state index contributed by atoms with van der Waals surface area (Å²) in [4.78, 5) is 0. The molecule has 0 aromatic rings. The molecule has 4 N–H and O–H groups in total. The van der Waals surface area contributed by atoms with Gasteiger partial charge in [0.15, 0.2) is 0 Å². The lowest BCUT2D eigenvalue weighted by molar-refractivity contribution is -0.0593. The number of guanidine groups is 1. The van der Waals surface area contributed by atoms with Crippen molar-refractivity contribution < 1.29 is 13.2 Å². The van der Waals surface area contributed by atoms with Gasteiger partial charge in [-0.05, 0) is 6.92 Å². The average Bonchev–Trinajstić information content (AvgIpc) is 1.80. The minimum absolute atomic E-state index is 0.506. The fourth-order valence-electron chi connectivity index (χ4n) is 0.189. The first-order valence-corrected chi connectivity index (χ1v) is 2.54. The number of hydrogen-bond acceptors (Lipinski definition) is 2.